The molecule has 4 rings (SSSR count). The average Bonchev–Trinajstić information content (AvgIpc) is 3.44. The molecule has 2 unspecified atom stereocenters. The molecular formula is C22H29FN4O3. The van der Waals surface area contributed by atoms with Crippen LogP contribution in [0.1, 0.15) is 44.9 Å². The van der Waals surface area contributed by atoms with Gasteiger partial charge in [0.15, 0.2) is 5.82 Å². The van der Waals surface area contributed by atoms with Gasteiger partial charge in [0.05, 0.1) is 17.7 Å². The van der Waals surface area contributed by atoms with Crippen LogP contribution in [0.3, 0.4) is 0 Å². The molecule has 0 radical (unpaired) electrons. The molecule has 7 nitrogen and oxygen atoms in total. The van der Waals surface area contributed by atoms with Crippen LogP contribution >= 0.6 is 0 Å². The first-order chi connectivity index (χ1) is 14.6. The van der Waals surface area contributed by atoms with Crippen LogP contribution in [0.25, 0.3) is 11.5 Å². The molecule has 2 saturated heterocycles. The van der Waals surface area contributed by atoms with Crippen molar-refractivity contribution in [1.29, 1.82) is 0 Å². The van der Waals surface area contributed by atoms with E-state index in [9.17, 15) is 9.18 Å². The van der Waals surface area contributed by atoms with Gasteiger partial charge in [0, 0.05) is 38.2 Å². The number of nitrogens with zero attached hydrogens (tertiary/aromatic N) is 3. The molecule has 8 heteroatoms. The summed E-state index contributed by atoms with van der Waals surface area (Å²) in [5, 5.41) is 6.94. The predicted molar refractivity (Wildman–Crippen MR) is 111 cm³/mol. The molecule has 1 aromatic heterocycles. The lowest BCUT2D eigenvalue weighted by Crippen LogP contribution is -2.44. The third-order valence-corrected chi connectivity index (χ3v) is 5.80. The highest BCUT2D eigenvalue weighted by molar-refractivity contribution is 5.79. The van der Waals surface area contributed by atoms with E-state index in [1.165, 1.54) is 6.07 Å². The summed E-state index contributed by atoms with van der Waals surface area (Å²) in [6, 6.07) is 4.96. The molecule has 1 N–H and O–H groups in total. The lowest BCUT2D eigenvalue weighted by atomic mass is 9.96. The normalized spacial score (nSPS) is 21.7. The summed E-state index contributed by atoms with van der Waals surface area (Å²) in [6.45, 7) is 4.61. The van der Waals surface area contributed by atoms with Gasteiger partial charge in [0.2, 0.25) is 5.91 Å². The Kier molecular flexibility index (Phi) is 6.62. The summed E-state index contributed by atoms with van der Waals surface area (Å²) >= 11 is 0. The highest BCUT2D eigenvalue weighted by Gasteiger charge is 2.28. The smallest absolute Gasteiger partial charge is 0.258 e. The quantitative estimate of drug-likeness (QED) is 0.746. The van der Waals surface area contributed by atoms with E-state index in [0.29, 0.717) is 36.1 Å². The first kappa shape index (κ1) is 20.8. The van der Waals surface area contributed by atoms with E-state index in [2.05, 4.69) is 15.5 Å². The largest absolute Gasteiger partial charge is 0.376 e. The van der Waals surface area contributed by atoms with Crippen molar-refractivity contribution in [2.24, 2.45) is 5.92 Å². The van der Waals surface area contributed by atoms with Crippen molar-refractivity contribution in [3.63, 3.8) is 0 Å². The molecule has 30 heavy (non-hydrogen) atoms. The molecule has 0 aliphatic carbocycles. The fourth-order valence-corrected chi connectivity index (χ4v) is 4.17. The maximum atomic E-state index is 14.9. The first-order valence-electron chi connectivity index (χ1n) is 10.9. The van der Waals surface area contributed by atoms with Crippen molar-refractivity contribution in [3.8, 4) is 11.5 Å². The molecule has 3 heterocycles. The number of carbonyl (C=O) groups is 1. The fraction of sp³-hybridized carbons (Fsp3) is 0.591. The van der Waals surface area contributed by atoms with Crippen molar-refractivity contribution >= 4 is 11.6 Å². The Morgan fingerprint density at radius 3 is 3.00 bits per heavy atom. The SMILES string of the molecule is CCCc1noc(-c2ccc(N3CCCC(C(=O)NCC4CCCO4)C3)c(F)c2)n1. The molecule has 2 aliphatic rings. The van der Waals surface area contributed by atoms with Crippen LogP contribution < -0.4 is 10.2 Å². The Hall–Kier alpha value is -2.48. The first-order valence-corrected chi connectivity index (χ1v) is 10.9. The summed E-state index contributed by atoms with van der Waals surface area (Å²) < 4.78 is 25.7. The van der Waals surface area contributed by atoms with Crippen LogP contribution in [-0.2, 0) is 16.0 Å². The Bertz CT molecular complexity index is 866. The highest BCUT2D eigenvalue weighted by atomic mass is 19.1. The molecule has 0 spiro atoms. The van der Waals surface area contributed by atoms with Gasteiger partial charge in [0.25, 0.3) is 5.89 Å². The molecular weight excluding hydrogens is 387 g/mol. The van der Waals surface area contributed by atoms with E-state index in [1.807, 2.05) is 11.8 Å². The Labute approximate surface area is 176 Å². The molecule has 0 saturated carbocycles. The predicted octanol–water partition coefficient (Wildman–Crippen LogP) is 3.34. The Balaban J connectivity index is 1.39. The number of nitrogens with one attached hydrogen (secondary N) is 1. The lowest BCUT2D eigenvalue weighted by Gasteiger charge is -2.34. The maximum Gasteiger partial charge on any atom is 0.258 e. The minimum atomic E-state index is -0.344. The number of aromatic nitrogens is 2. The molecule has 2 aromatic rings. The van der Waals surface area contributed by atoms with E-state index >= 15 is 0 Å². The Morgan fingerprint density at radius 2 is 2.23 bits per heavy atom. The van der Waals surface area contributed by atoms with Gasteiger partial charge in [-0.25, -0.2) is 4.39 Å². The number of halogens is 1. The van der Waals surface area contributed by atoms with E-state index < -0.39 is 0 Å². The number of benzene rings is 1. The van der Waals surface area contributed by atoms with Gasteiger partial charge in [-0.15, -0.1) is 0 Å². The van der Waals surface area contributed by atoms with E-state index in [1.54, 1.807) is 12.1 Å². The summed E-state index contributed by atoms with van der Waals surface area (Å²) in [6.07, 6.45) is 5.49. The maximum absolute atomic E-state index is 14.9. The molecule has 0 bridgehead atoms. The number of carbonyl (C=O) groups excluding carboxylic acids is 1. The number of ether oxygens (including phenoxy) is 1. The van der Waals surface area contributed by atoms with E-state index in [-0.39, 0.29) is 23.7 Å². The van der Waals surface area contributed by atoms with Crippen molar-refractivity contribution in [1.82, 2.24) is 15.5 Å². The van der Waals surface area contributed by atoms with Crippen LogP contribution in [0.2, 0.25) is 0 Å². The molecule has 2 fully saturated rings. The number of amides is 1. The van der Waals surface area contributed by atoms with E-state index in [0.717, 1.165) is 51.7 Å². The summed E-state index contributed by atoms with van der Waals surface area (Å²) in [7, 11) is 0. The third kappa shape index (κ3) is 4.80. The van der Waals surface area contributed by atoms with Crippen molar-refractivity contribution in [2.45, 2.75) is 51.6 Å². The average molecular weight is 416 g/mol. The fourth-order valence-electron chi connectivity index (χ4n) is 4.17. The van der Waals surface area contributed by atoms with Crippen LogP contribution in [0, 0.1) is 11.7 Å². The number of anilines is 1. The molecule has 2 aliphatic heterocycles. The number of piperidine rings is 1. The van der Waals surface area contributed by atoms with Gasteiger partial charge >= 0.3 is 0 Å². The summed E-state index contributed by atoms with van der Waals surface area (Å²) in [5.41, 5.74) is 1.07. The number of rotatable bonds is 7. The molecule has 1 amide bonds. The summed E-state index contributed by atoms with van der Waals surface area (Å²) in [4.78, 5) is 18.9. The van der Waals surface area contributed by atoms with Gasteiger partial charge < -0.3 is 19.5 Å². The second-order valence-electron chi connectivity index (χ2n) is 8.10. The van der Waals surface area contributed by atoms with Crippen LogP contribution in [0.15, 0.2) is 22.7 Å². The van der Waals surface area contributed by atoms with Gasteiger partial charge in [-0.05, 0) is 50.3 Å². The number of aryl methyl sites for hydroxylation is 1. The van der Waals surface area contributed by atoms with Crippen LogP contribution in [0.4, 0.5) is 10.1 Å². The zero-order valence-corrected chi connectivity index (χ0v) is 17.4. The van der Waals surface area contributed by atoms with Crippen molar-refractivity contribution in [2.75, 3.05) is 31.1 Å². The van der Waals surface area contributed by atoms with Gasteiger partial charge in [-0.1, -0.05) is 12.1 Å². The van der Waals surface area contributed by atoms with Gasteiger partial charge in [-0.2, -0.15) is 4.98 Å². The standard InChI is InChI=1S/C22H29FN4O3/c1-2-5-20-25-22(30-26-20)15-8-9-19(18(23)12-15)27-10-3-6-16(14-27)21(28)24-13-17-7-4-11-29-17/h8-9,12,16-17H,2-7,10-11,13-14H2,1H3,(H,24,28). The topological polar surface area (TPSA) is 80.5 Å². The monoisotopic (exact) mass is 416 g/mol. The van der Waals surface area contributed by atoms with Crippen molar-refractivity contribution in [3.05, 3.63) is 29.8 Å². The lowest BCUT2D eigenvalue weighted by molar-refractivity contribution is -0.125. The molecule has 2 atom stereocenters. The second-order valence-corrected chi connectivity index (χ2v) is 8.10. The van der Waals surface area contributed by atoms with Crippen LogP contribution in [0.5, 0.6) is 0 Å². The van der Waals surface area contributed by atoms with Gasteiger partial charge in [0.1, 0.15) is 5.82 Å². The number of hydrogen-bond acceptors (Lipinski definition) is 6. The molecule has 1 aromatic carbocycles. The third-order valence-electron chi connectivity index (χ3n) is 5.80. The van der Waals surface area contributed by atoms with Crippen molar-refractivity contribution < 1.29 is 18.4 Å². The van der Waals surface area contributed by atoms with E-state index in [4.69, 9.17) is 9.26 Å². The molecule has 162 valence electrons. The zero-order valence-electron chi connectivity index (χ0n) is 17.4. The summed E-state index contributed by atoms with van der Waals surface area (Å²) in [5.74, 6) is 0.496. The minimum Gasteiger partial charge on any atom is -0.376 e. The highest BCUT2D eigenvalue weighted by Crippen LogP contribution is 2.29. The number of hydrogen-bond donors (Lipinski definition) is 1. The van der Waals surface area contributed by atoms with Gasteiger partial charge in [-0.3, -0.25) is 4.79 Å². The van der Waals surface area contributed by atoms with Crippen LogP contribution in [-0.4, -0.2) is 48.4 Å². The second kappa shape index (κ2) is 9.55. The zero-order chi connectivity index (χ0) is 20.9. The minimum absolute atomic E-state index is 0.0292. The Morgan fingerprint density at radius 1 is 1.33 bits per heavy atom.